The predicted molar refractivity (Wildman–Crippen MR) is 66.2 cm³/mol. The molecule has 1 aromatic heterocycles. The van der Waals surface area contributed by atoms with Gasteiger partial charge in [0.05, 0.1) is 19.5 Å². The largest absolute Gasteiger partial charge is 0.463 e. The fourth-order valence-corrected chi connectivity index (χ4v) is 1.77. The summed E-state index contributed by atoms with van der Waals surface area (Å²) in [6.07, 6.45) is 3.02. The molecule has 6 nitrogen and oxygen atoms in total. The van der Waals surface area contributed by atoms with E-state index in [0.717, 1.165) is 5.56 Å². The quantitative estimate of drug-likeness (QED) is 0.591. The number of esters is 1. The molecule has 0 aliphatic heterocycles. The number of carbonyl (C=O) groups is 2. The summed E-state index contributed by atoms with van der Waals surface area (Å²) in [5, 5.41) is 8.06. The third-order valence-corrected chi connectivity index (χ3v) is 2.69. The zero-order chi connectivity index (χ0) is 13.7. The molecule has 1 unspecified atom stereocenters. The highest BCUT2D eigenvalue weighted by Gasteiger charge is 2.24. The molecule has 1 aromatic carbocycles. The summed E-state index contributed by atoms with van der Waals surface area (Å²) in [7, 11) is 1.18. The number of aromatic nitrogens is 3. The maximum absolute atomic E-state index is 11.7. The zero-order valence-electron chi connectivity index (χ0n) is 10.4. The highest BCUT2D eigenvalue weighted by atomic mass is 16.5. The molecule has 0 bridgehead atoms. The van der Waals surface area contributed by atoms with Crippen molar-refractivity contribution in [2.45, 2.75) is 12.5 Å². The van der Waals surface area contributed by atoms with E-state index in [0.29, 0.717) is 0 Å². The van der Waals surface area contributed by atoms with Gasteiger partial charge < -0.3 is 4.74 Å². The lowest BCUT2D eigenvalue weighted by Crippen LogP contribution is -2.23. The summed E-state index contributed by atoms with van der Waals surface area (Å²) in [5.41, 5.74) is 0.857. The van der Waals surface area contributed by atoms with E-state index in [1.54, 1.807) is 0 Å². The van der Waals surface area contributed by atoms with Gasteiger partial charge in [0.15, 0.2) is 0 Å². The van der Waals surface area contributed by atoms with Gasteiger partial charge in [-0.2, -0.15) is 15.0 Å². The van der Waals surface area contributed by atoms with Gasteiger partial charge in [0.25, 0.3) is 0 Å². The van der Waals surface area contributed by atoms with Crippen molar-refractivity contribution in [1.29, 1.82) is 0 Å². The first kappa shape index (κ1) is 12.9. The SMILES string of the molecule is COC(=O)C(=O)CC(c1ccccc1)n1nccn1. The van der Waals surface area contributed by atoms with Crippen LogP contribution in [0.15, 0.2) is 42.7 Å². The van der Waals surface area contributed by atoms with E-state index in [4.69, 9.17) is 0 Å². The molecule has 2 rings (SSSR count). The Morgan fingerprint density at radius 2 is 1.84 bits per heavy atom. The van der Waals surface area contributed by atoms with Crippen molar-refractivity contribution in [3.8, 4) is 0 Å². The highest BCUT2D eigenvalue weighted by molar-refractivity contribution is 6.33. The average Bonchev–Trinajstić information content (AvgIpc) is 2.98. The lowest BCUT2D eigenvalue weighted by atomic mass is 10.0. The Morgan fingerprint density at radius 1 is 1.21 bits per heavy atom. The Balaban J connectivity index is 2.26. The number of hydrogen-bond donors (Lipinski definition) is 0. The number of carbonyl (C=O) groups excluding carboxylic acids is 2. The van der Waals surface area contributed by atoms with Crippen LogP contribution in [0.2, 0.25) is 0 Å². The van der Waals surface area contributed by atoms with Crippen molar-refractivity contribution in [3.05, 3.63) is 48.3 Å². The van der Waals surface area contributed by atoms with Crippen molar-refractivity contribution in [1.82, 2.24) is 15.0 Å². The summed E-state index contributed by atoms with van der Waals surface area (Å²) >= 11 is 0. The Labute approximate surface area is 110 Å². The van der Waals surface area contributed by atoms with Crippen molar-refractivity contribution in [3.63, 3.8) is 0 Å². The molecule has 1 heterocycles. The van der Waals surface area contributed by atoms with Crippen molar-refractivity contribution in [2.24, 2.45) is 0 Å². The Bertz CT molecular complexity index is 552. The molecule has 0 spiro atoms. The number of ether oxygens (including phenoxy) is 1. The molecule has 1 atom stereocenters. The molecule has 0 amide bonds. The van der Waals surface area contributed by atoms with Crippen LogP contribution >= 0.6 is 0 Å². The second-order valence-corrected chi connectivity index (χ2v) is 3.89. The number of hydrogen-bond acceptors (Lipinski definition) is 5. The number of rotatable bonds is 5. The smallest absolute Gasteiger partial charge is 0.374 e. The maximum atomic E-state index is 11.7. The molecule has 0 aliphatic carbocycles. The Hall–Kier alpha value is -2.50. The van der Waals surface area contributed by atoms with E-state index in [1.807, 2.05) is 30.3 Å². The molecule has 0 aliphatic rings. The number of methoxy groups -OCH3 is 1. The van der Waals surface area contributed by atoms with Crippen molar-refractivity contribution >= 4 is 11.8 Å². The normalized spacial score (nSPS) is 11.8. The third kappa shape index (κ3) is 3.04. The van der Waals surface area contributed by atoms with Crippen LogP contribution in [-0.2, 0) is 14.3 Å². The standard InChI is InChI=1S/C13H13N3O3/c1-19-13(18)12(17)9-11(16-14-7-8-15-16)10-5-3-2-4-6-10/h2-8,11H,9H2,1H3. The molecule has 0 saturated heterocycles. The second-order valence-electron chi connectivity index (χ2n) is 3.89. The zero-order valence-corrected chi connectivity index (χ0v) is 10.4. The van der Waals surface area contributed by atoms with Crippen molar-refractivity contribution < 1.29 is 14.3 Å². The monoisotopic (exact) mass is 259 g/mol. The van der Waals surface area contributed by atoms with Crippen LogP contribution in [0.5, 0.6) is 0 Å². The first-order chi connectivity index (χ1) is 9.22. The van der Waals surface area contributed by atoms with E-state index >= 15 is 0 Å². The van der Waals surface area contributed by atoms with Crippen molar-refractivity contribution in [2.75, 3.05) is 7.11 Å². The molecule has 0 N–H and O–H groups in total. The minimum atomic E-state index is -0.854. The second kappa shape index (κ2) is 5.90. The maximum Gasteiger partial charge on any atom is 0.374 e. The van der Waals surface area contributed by atoms with Gasteiger partial charge in [0.2, 0.25) is 5.78 Å². The van der Waals surface area contributed by atoms with Gasteiger partial charge in [-0.25, -0.2) is 4.79 Å². The van der Waals surface area contributed by atoms with Crippen LogP contribution in [0.3, 0.4) is 0 Å². The van der Waals surface area contributed by atoms with E-state index < -0.39 is 17.8 Å². The molecule has 2 aromatic rings. The van der Waals surface area contributed by atoms with E-state index in [2.05, 4.69) is 14.9 Å². The fraction of sp³-hybridized carbons (Fsp3) is 0.231. The van der Waals surface area contributed by atoms with E-state index in [1.165, 1.54) is 24.3 Å². The molecule has 19 heavy (non-hydrogen) atoms. The van der Waals surface area contributed by atoms with Crippen LogP contribution in [-0.4, -0.2) is 33.9 Å². The van der Waals surface area contributed by atoms with Gasteiger partial charge in [-0.1, -0.05) is 30.3 Å². The van der Waals surface area contributed by atoms with Crippen LogP contribution in [0.1, 0.15) is 18.0 Å². The minimum absolute atomic E-state index is 0.0363. The molecule has 98 valence electrons. The molecular formula is C13H13N3O3. The van der Waals surface area contributed by atoms with Crippen LogP contribution in [0.25, 0.3) is 0 Å². The minimum Gasteiger partial charge on any atom is -0.463 e. The van der Waals surface area contributed by atoms with Gasteiger partial charge in [-0.3, -0.25) is 4.79 Å². The summed E-state index contributed by atoms with van der Waals surface area (Å²) in [6.45, 7) is 0. The Morgan fingerprint density at radius 3 is 2.42 bits per heavy atom. The van der Waals surface area contributed by atoms with Crippen LogP contribution in [0, 0.1) is 0 Å². The topological polar surface area (TPSA) is 74.1 Å². The highest BCUT2D eigenvalue weighted by Crippen LogP contribution is 2.20. The van der Waals surface area contributed by atoms with E-state index in [-0.39, 0.29) is 6.42 Å². The molecule has 0 saturated carbocycles. The molecule has 0 radical (unpaired) electrons. The average molecular weight is 259 g/mol. The fourth-order valence-electron chi connectivity index (χ4n) is 1.77. The first-order valence-corrected chi connectivity index (χ1v) is 5.74. The van der Waals surface area contributed by atoms with Gasteiger partial charge in [-0.05, 0) is 5.56 Å². The summed E-state index contributed by atoms with van der Waals surface area (Å²) in [4.78, 5) is 24.3. The Kier molecular flexibility index (Phi) is 4.02. The van der Waals surface area contributed by atoms with Gasteiger partial charge in [0, 0.05) is 6.42 Å². The first-order valence-electron chi connectivity index (χ1n) is 5.74. The van der Waals surface area contributed by atoms with Crippen LogP contribution in [0.4, 0.5) is 0 Å². The van der Waals surface area contributed by atoms with Gasteiger partial charge >= 0.3 is 5.97 Å². The third-order valence-electron chi connectivity index (χ3n) is 2.69. The lowest BCUT2D eigenvalue weighted by molar-refractivity contribution is -0.151. The predicted octanol–water partition coefficient (Wildman–Crippen LogP) is 1.000. The lowest BCUT2D eigenvalue weighted by Gasteiger charge is -2.15. The summed E-state index contributed by atoms with van der Waals surface area (Å²) in [5.74, 6) is -1.46. The number of ketones is 1. The molecular weight excluding hydrogens is 246 g/mol. The van der Waals surface area contributed by atoms with E-state index in [9.17, 15) is 9.59 Å². The number of nitrogens with zero attached hydrogens (tertiary/aromatic N) is 3. The number of Topliss-reactive ketones (excluding diaryl/α,β-unsaturated/α-hetero) is 1. The van der Waals surface area contributed by atoms with Crippen LogP contribution < -0.4 is 0 Å². The number of benzene rings is 1. The van der Waals surface area contributed by atoms with Gasteiger partial charge in [0.1, 0.15) is 6.04 Å². The molecule has 6 heteroatoms. The summed E-state index contributed by atoms with van der Waals surface area (Å²) in [6, 6.07) is 8.89. The molecule has 0 fully saturated rings. The summed E-state index contributed by atoms with van der Waals surface area (Å²) < 4.78 is 4.43. The van der Waals surface area contributed by atoms with Gasteiger partial charge in [-0.15, -0.1) is 0 Å².